The number of carbonyl (C=O) groups is 2. The number of amides is 2. The van der Waals surface area contributed by atoms with Gasteiger partial charge in [-0.3, -0.25) is 9.59 Å². The van der Waals surface area contributed by atoms with E-state index in [0.717, 1.165) is 23.8 Å². The molecule has 0 aromatic heterocycles. The maximum Gasteiger partial charge on any atom is 0.416 e. The summed E-state index contributed by atoms with van der Waals surface area (Å²) in [6.07, 6.45) is -4.56. The van der Waals surface area contributed by atoms with Crippen LogP contribution in [-0.2, 0) is 15.8 Å². The summed E-state index contributed by atoms with van der Waals surface area (Å²) in [5.74, 6) is -0.899. The molecule has 2 amide bonds. The molecule has 0 saturated carbocycles. The van der Waals surface area contributed by atoms with Crippen LogP contribution in [-0.4, -0.2) is 25.5 Å². The van der Waals surface area contributed by atoms with Gasteiger partial charge < -0.3 is 15.0 Å². The van der Waals surface area contributed by atoms with Crippen molar-refractivity contribution in [1.82, 2.24) is 0 Å². The number of benzene rings is 2. The van der Waals surface area contributed by atoms with Crippen LogP contribution in [0.1, 0.15) is 17.5 Å². The quantitative estimate of drug-likeness (QED) is 0.773. The van der Waals surface area contributed by atoms with Crippen LogP contribution in [0.2, 0.25) is 5.02 Å². The van der Waals surface area contributed by atoms with Gasteiger partial charge in [0.15, 0.2) is 0 Å². The second-order valence-electron chi connectivity index (χ2n) is 6.76. The molecule has 5 nitrogen and oxygen atoms in total. The number of methoxy groups -OCH3 is 1. The zero-order chi connectivity index (χ0) is 21.3. The van der Waals surface area contributed by atoms with Gasteiger partial charge in [-0.2, -0.15) is 13.2 Å². The maximum absolute atomic E-state index is 12.7. The van der Waals surface area contributed by atoms with Gasteiger partial charge in [0.1, 0.15) is 5.75 Å². The highest BCUT2D eigenvalue weighted by molar-refractivity contribution is 6.33. The zero-order valence-corrected chi connectivity index (χ0v) is 16.4. The third-order valence-corrected chi connectivity index (χ3v) is 4.99. The second-order valence-corrected chi connectivity index (χ2v) is 7.17. The van der Waals surface area contributed by atoms with Crippen LogP contribution in [0.3, 0.4) is 0 Å². The van der Waals surface area contributed by atoms with E-state index in [1.165, 1.54) is 12.0 Å². The van der Waals surface area contributed by atoms with Crippen LogP contribution in [0, 0.1) is 12.8 Å². The molecular weight excluding hydrogens is 409 g/mol. The SMILES string of the molecule is COc1ccc(C)cc1N1CC(C(=O)Nc2ccc(C(F)(F)F)cc2Cl)CC1=O. The Kier molecular flexibility index (Phi) is 5.75. The van der Waals surface area contributed by atoms with Crippen molar-refractivity contribution >= 4 is 34.8 Å². The van der Waals surface area contributed by atoms with E-state index < -0.39 is 23.6 Å². The molecule has 9 heteroatoms. The molecule has 1 aliphatic rings. The van der Waals surface area contributed by atoms with E-state index in [1.807, 2.05) is 13.0 Å². The molecule has 154 valence electrons. The van der Waals surface area contributed by atoms with E-state index in [2.05, 4.69) is 5.32 Å². The minimum Gasteiger partial charge on any atom is -0.495 e. The van der Waals surface area contributed by atoms with Gasteiger partial charge in [-0.15, -0.1) is 0 Å². The topological polar surface area (TPSA) is 58.6 Å². The standard InChI is InChI=1S/C20H18ClF3N2O3/c1-11-3-6-17(29-2)16(7-11)26-10-12(8-18(26)27)19(28)25-15-5-4-13(9-14(15)21)20(22,23)24/h3-7,9,12H,8,10H2,1-2H3,(H,25,28). The van der Waals surface area contributed by atoms with Gasteiger partial charge in [-0.1, -0.05) is 17.7 Å². The number of nitrogens with zero attached hydrogens (tertiary/aromatic N) is 1. The number of anilines is 2. The first kappa shape index (κ1) is 21.0. The molecule has 0 aliphatic carbocycles. The maximum atomic E-state index is 12.7. The predicted octanol–water partition coefficient (Wildman–Crippen LogP) is 4.67. The molecule has 0 bridgehead atoms. The highest BCUT2D eigenvalue weighted by Gasteiger charge is 2.37. The minimum absolute atomic E-state index is 0.0266. The average Bonchev–Trinajstić information content (AvgIpc) is 3.04. The van der Waals surface area contributed by atoms with Gasteiger partial charge in [0, 0.05) is 13.0 Å². The van der Waals surface area contributed by atoms with Crippen molar-refractivity contribution in [3.8, 4) is 5.75 Å². The fraction of sp³-hybridized carbons (Fsp3) is 0.300. The number of rotatable bonds is 4. The van der Waals surface area contributed by atoms with Gasteiger partial charge in [0.05, 0.1) is 35.0 Å². The smallest absolute Gasteiger partial charge is 0.416 e. The first-order valence-electron chi connectivity index (χ1n) is 8.72. The first-order chi connectivity index (χ1) is 13.6. The van der Waals surface area contributed by atoms with Gasteiger partial charge in [-0.25, -0.2) is 0 Å². The lowest BCUT2D eigenvalue weighted by Crippen LogP contribution is -2.28. The molecular formula is C20H18ClF3N2O3. The Morgan fingerprint density at radius 1 is 1.24 bits per heavy atom. The number of alkyl halides is 3. The lowest BCUT2D eigenvalue weighted by Gasteiger charge is -2.20. The molecule has 2 aromatic rings. The number of ether oxygens (including phenoxy) is 1. The Balaban J connectivity index is 1.75. The fourth-order valence-corrected chi connectivity index (χ4v) is 3.38. The third kappa shape index (κ3) is 4.48. The lowest BCUT2D eigenvalue weighted by atomic mass is 10.1. The van der Waals surface area contributed by atoms with Gasteiger partial charge >= 0.3 is 6.18 Å². The van der Waals surface area contributed by atoms with Crippen molar-refractivity contribution < 1.29 is 27.5 Å². The molecule has 1 aliphatic heterocycles. The number of carbonyl (C=O) groups excluding carboxylic acids is 2. The summed E-state index contributed by atoms with van der Waals surface area (Å²) < 4.78 is 43.5. The van der Waals surface area contributed by atoms with Gasteiger partial charge in [0.25, 0.3) is 0 Å². The first-order valence-corrected chi connectivity index (χ1v) is 9.10. The van der Waals surface area contributed by atoms with E-state index >= 15 is 0 Å². The van der Waals surface area contributed by atoms with Gasteiger partial charge in [0.2, 0.25) is 11.8 Å². The summed E-state index contributed by atoms with van der Waals surface area (Å²) in [4.78, 5) is 26.5. The zero-order valence-electron chi connectivity index (χ0n) is 15.6. The molecule has 0 spiro atoms. The predicted molar refractivity (Wildman–Crippen MR) is 103 cm³/mol. The molecule has 1 unspecified atom stereocenters. The number of hydrogen-bond donors (Lipinski definition) is 1. The van der Waals surface area contributed by atoms with Crippen molar-refractivity contribution in [2.24, 2.45) is 5.92 Å². The highest BCUT2D eigenvalue weighted by Crippen LogP contribution is 2.36. The van der Waals surface area contributed by atoms with Crippen molar-refractivity contribution in [3.63, 3.8) is 0 Å². The summed E-state index contributed by atoms with van der Waals surface area (Å²) >= 11 is 5.89. The highest BCUT2D eigenvalue weighted by atomic mass is 35.5. The van der Waals surface area contributed by atoms with Crippen molar-refractivity contribution in [1.29, 1.82) is 0 Å². The van der Waals surface area contributed by atoms with Crippen LogP contribution in [0.15, 0.2) is 36.4 Å². The van der Waals surface area contributed by atoms with Crippen LogP contribution in [0.25, 0.3) is 0 Å². The molecule has 1 saturated heterocycles. The van der Waals surface area contributed by atoms with Gasteiger partial charge in [-0.05, 0) is 42.8 Å². The molecule has 1 fully saturated rings. The number of aryl methyl sites for hydroxylation is 1. The number of nitrogens with one attached hydrogen (secondary N) is 1. The molecule has 1 atom stereocenters. The Bertz CT molecular complexity index is 962. The average molecular weight is 427 g/mol. The lowest BCUT2D eigenvalue weighted by molar-refractivity contribution is -0.137. The number of halogens is 4. The van der Waals surface area contributed by atoms with E-state index in [9.17, 15) is 22.8 Å². The summed E-state index contributed by atoms with van der Waals surface area (Å²) in [6, 6.07) is 8.07. The Labute approximate surface area is 170 Å². The Morgan fingerprint density at radius 3 is 2.59 bits per heavy atom. The van der Waals surface area contributed by atoms with Crippen LogP contribution in [0.4, 0.5) is 24.5 Å². The summed E-state index contributed by atoms with van der Waals surface area (Å²) in [7, 11) is 1.49. The Hall–Kier alpha value is -2.74. The van der Waals surface area contributed by atoms with E-state index in [0.29, 0.717) is 11.4 Å². The number of hydrogen-bond acceptors (Lipinski definition) is 3. The summed E-state index contributed by atoms with van der Waals surface area (Å²) in [5.41, 5.74) is 0.649. The summed E-state index contributed by atoms with van der Waals surface area (Å²) in [6.45, 7) is 2.00. The molecule has 3 rings (SSSR count). The monoisotopic (exact) mass is 426 g/mol. The van der Waals surface area contributed by atoms with Crippen molar-refractivity contribution in [2.45, 2.75) is 19.5 Å². The fourth-order valence-electron chi connectivity index (χ4n) is 3.15. The third-order valence-electron chi connectivity index (χ3n) is 4.68. The Morgan fingerprint density at radius 2 is 1.97 bits per heavy atom. The van der Waals surface area contributed by atoms with E-state index in [4.69, 9.17) is 16.3 Å². The summed E-state index contributed by atoms with van der Waals surface area (Å²) in [5, 5.41) is 2.29. The second kappa shape index (κ2) is 7.94. The normalized spacial score (nSPS) is 16.8. The van der Waals surface area contributed by atoms with E-state index in [-0.39, 0.29) is 29.6 Å². The van der Waals surface area contributed by atoms with Crippen LogP contribution in [0.5, 0.6) is 5.75 Å². The molecule has 0 radical (unpaired) electrons. The minimum atomic E-state index is -4.53. The van der Waals surface area contributed by atoms with E-state index in [1.54, 1.807) is 12.1 Å². The van der Waals surface area contributed by atoms with Crippen molar-refractivity contribution in [3.05, 3.63) is 52.5 Å². The largest absolute Gasteiger partial charge is 0.495 e. The molecule has 29 heavy (non-hydrogen) atoms. The molecule has 2 aromatic carbocycles. The molecule has 1 N–H and O–H groups in total. The molecule has 1 heterocycles. The van der Waals surface area contributed by atoms with Crippen molar-refractivity contribution in [2.75, 3.05) is 23.9 Å². The van der Waals surface area contributed by atoms with Crippen LogP contribution >= 0.6 is 11.6 Å². The van der Waals surface area contributed by atoms with Crippen LogP contribution < -0.4 is 15.0 Å².